The van der Waals surface area contributed by atoms with Gasteiger partial charge >= 0.3 is 0 Å². The Bertz CT molecular complexity index is 498. The van der Waals surface area contributed by atoms with Gasteiger partial charge in [-0.25, -0.2) is 0 Å². The number of anilines is 1. The van der Waals surface area contributed by atoms with Gasteiger partial charge in [0.1, 0.15) is 0 Å². The van der Waals surface area contributed by atoms with E-state index in [2.05, 4.69) is 29.2 Å². The lowest BCUT2D eigenvalue weighted by molar-refractivity contribution is -0.132. The summed E-state index contributed by atoms with van der Waals surface area (Å²) in [5, 5.41) is 0. The van der Waals surface area contributed by atoms with Crippen molar-refractivity contribution < 1.29 is 4.74 Å². The highest BCUT2D eigenvalue weighted by molar-refractivity contribution is 5.57. The van der Waals surface area contributed by atoms with Crippen LogP contribution in [0.25, 0.3) is 0 Å². The molecular formula is C17H24N2O. The van der Waals surface area contributed by atoms with Crippen LogP contribution in [0.5, 0.6) is 0 Å². The maximum atomic E-state index is 6.28. The van der Waals surface area contributed by atoms with Crippen molar-refractivity contribution in [3.8, 4) is 0 Å². The van der Waals surface area contributed by atoms with Gasteiger partial charge in [0, 0.05) is 30.9 Å². The lowest BCUT2D eigenvalue weighted by Crippen LogP contribution is -2.53. The predicted molar refractivity (Wildman–Crippen MR) is 80.9 cm³/mol. The van der Waals surface area contributed by atoms with E-state index >= 15 is 0 Å². The molecule has 3 aliphatic rings. The molecule has 2 N–H and O–H groups in total. The first-order valence-electron chi connectivity index (χ1n) is 8.03. The molecule has 20 heavy (non-hydrogen) atoms. The molecule has 1 aromatic carbocycles. The normalized spacial score (nSPS) is 31.8. The summed E-state index contributed by atoms with van der Waals surface area (Å²) in [6.07, 6.45) is 7.30. The van der Waals surface area contributed by atoms with Crippen LogP contribution in [0.15, 0.2) is 24.3 Å². The SMILES string of the molecule is NC1CCN(C2CCOC3(CCC3)C2)c2ccccc21. The molecule has 2 aliphatic heterocycles. The summed E-state index contributed by atoms with van der Waals surface area (Å²) in [4.78, 5) is 2.61. The summed E-state index contributed by atoms with van der Waals surface area (Å²) in [5.74, 6) is 0. The van der Waals surface area contributed by atoms with Gasteiger partial charge in [-0.05, 0) is 50.2 Å². The zero-order valence-corrected chi connectivity index (χ0v) is 12.1. The number of hydrogen-bond acceptors (Lipinski definition) is 3. The van der Waals surface area contributed by atoms with Crippen molar-refractivity contribution >= 4 is 5.69 Å². The van der Waals surface area contributed by atoms with Gasteiger partial charge in [-0.15, -0.1) is 0 Å². The Balaban J connectivity index is 1.61. The molecule has 108 valence electrons. The van der Waals surface area contributed by atoms with Crippen LogP contribution in [0.3, 0.4) is 0 Å². The first-order chi connectivity index (χ1) is 9.77. The van der Waals surface area contributed by atoms with Crippen LogP contribution in [0, 0.1) is 0 Å². The van der Waals surface area contributed by atoms with Crippen molar-refractivity contribution in [1.82, 2.24) is 0 Å². The first kappa shape index (κ1) is 12.7. The average molecular weight is 272 g/mol. The van der Waals surface area contributed by atoms with E-state index in [1.165, 1.54) is 36.9 Å². The number of nitrogens with two attached hydrogens (primary N) is 1. The molecule has 1 aromatic rings. The lowest BCUT2D eigenvalue weighted by atomic mass is 9.73. The van der Waals surface area contributed by atoms with Gasteiger partial charge in [-0.3, -0.25) is 0 Å². The van der Waals surface area contributed by atoms with Crippen molar-refractivity contribution in [3.63, 3.8) is 0 Å². The highest BCUT2D eigenvalue weighted by atomic mass is 16.5. The fraction of sp³-hybridized carbons (Fsp3) is 0.647. The summed E-state index contributed by atoms with van der Waals surface area (Å²) in [5.41, 5.74) is 9.19. The van der Waals surface area contributed by atoms with E-state index in [1.807, 2.05) is 0 Å². The minimum absolute atomic E-state index is 0.208. The van der Waals surface area contributed by atoms with E-state index in [0.29, 0.717) is 6.04 Å². The minimum atomic E-state index is 0.208. The Morgan fingerprint density at radius 2 is 2.05 bits per heavy atom. The molecule has 0 bridgehead atoms. The molecule has 0 aromatic heterocycles. The Labute approximate surface area is 121 Å². The van der Waals surface area contributed by atoms with Crippen molar-refractivity contribution in [2.24, 2.45) is 5.73 Å². The number of rotatable bonds is 1. The third-order valence-electron chi connectivity index (χ3n) is 5.50. The van der Waals surface area contributed by atoms with E-state index in [9.17, 15) is 0 Å². The highest BCUT2D eigenvalue weighted by Gasteiger charge is 2.44. The molecule has 2 heterocycles. The fourth-order valence-electron chi connectivity index (χ4n) is 4.18. The molecule has 2 atom stereocenters. The number of para-hydroxylation sites is 1. The van der Waals surface area contributed by atoms with Crippen molar-refractivity contribution in [3.05, 3.63) is 29.8 Å². The molecule has 0 radical (unpaired) electrons. The van der Waals surface area contributed by atoms with Crippen molar-refractivity contribution in [1.29, 1.82) is 0 Å². The van der Waals surface area contributed by atoms with Crippen LogP contribution in [-0.4, -0.2) is 24.8 Å². The fourth-order valence-corrected chi connectivity index (χ4v) is 4.18. The van der Waals surface area contributed by atoms with Crippen LogP contribution < -0.4 is 10.6 Å². The second-order valence-electron chi connectivity index (χ2n) is 6.68. The predicted octanol–water partition coefficient (Wildman–Crippen LogP) is 3.00. The molecule has 3 heteroatoms. The lowest BCUT2D eigenvalue weighted by Gasteiger charge is -2.51. The van der Waals surface area contributed by atoms with E-state index < -0.39 is 0 Å². The smallest absolute Gasteiger partial charge is 0.0702 e. The summed E-state index contributed by atoms with van der Waals surface area (Å²) in [6, 6.07) is 9.54. The van der Waals surface area contributed by atoms with Crippen molar-refractivity contribution in [2.45, 2.75) is 56.2 Å². The highest BCUT2D eigenvalue weighted by Crippen LogP contribution is 2.45. The third-order valence-corrected chi connectivity index (χ3v) is 5.50. The number of hydrogen-bond donors (Lipinski definition) is 1. The molecular weight excluding hydrogens is 248 g/mol. The van der Waals surface area contributed by atoms with Crippen LogP contribution >= 0.6 is 0 Å². The van der Waals surface area contributed by atoms with E-state index in [1.54, 1.807) is 0 Å². The Hall–Kier alpha value is -1.06. The van der Waals surface area contributed by atoms with Crippen LogP contribution in [0.2, 0.25) is 0 Å². The second-order valence-corrected chi connectivity index (χ2v) is 6.68. The Kier molecular flexibility index (Phi) is 3.00. The number of nitrogens with zero attached hydrogens (tertiary/aromatic N) is 1. The molecule has 0 amide bonds. The maximum absolute atomic E-state index is 6.28. The standard InChI is InChI=1S/C17H24N2O/c18-15-6-10-19(16-5-2-1-4-14(15)16)13-7-11-20-17(12-13)8-3-9-17/h1-2,4-5,13,15H,3,6-12,18H2. The van der Waals surface area contributed by atoms with E-state index in [4.69, 9.17) is 10.5 Å². The molecule has 1 spiro atoms. The van der Waals surface area contributed by atoms with Gasteiger partial charge in [0.05, 0.1) is 5.60 Å². The summed E-state index contributed by atoms with van der Waals surface area (Å²) in [7, 11) is 0. The van der Waals surface area contributed by atoms with Crippen LogP contribution in [0.1, 0.15) is 50.1 Å². The van der Waals surface area contributed by atoms with Gasteiger partial charge in [-0.2, -0.15) is 0 Å². The molecule has 1 saturated heterocycles. The van der Waals surface area contributed by atoms with Gasteiger partial charge in [-0.1, -0.05) is 18.2 Å². The molecule has 2 fully saturated rings. The van der Waals surface area contributed by atoms with Gasteiger partial charge < -0.3 is 15.4 Å². The number of ether oxygens (including phenoxy) is 1. The third kappa shape index (κ3) is 1.95. The summed E-state index contributed by atoms with van der Waals surface area (Å²) >= 11 is 0. The monoisotopic (exact) mass is 272 g/mol. The van der Waals surface area contributed by atoms with Gasteiger partial charge in [0.15, 0.2) is 0 Å². The molecule has 3 nitrogen and oxygen atoms in total. The maximum Gasteiger partial charge on any atom is 0.0702 e. The van der Waals surface area contributed by atoms with E-state index in [0.717, 1.165) is 26.0 Å². The Morgan fingerprint density at radius 1 is 1.20 bits per heavy atom. The van der Waals surface area contributed by atoms with E-state index in [-0.39, 0.29) is 11.6 Å². The summed E-state index contributed by atoms with van der Waals surface area (Å²) < 4.78 is 6.08. The molecule has 1 saturated carbocycles. The average Bonchev–Trinajstić information content (AvgIpc) is 2.46. The van der Waals surface area contributed by atoms with Gasteiger partial charge in [0.25, 0.3) is 0 Å². The second kappa shape index (κ2) is 4.74. The number of fused-ring (bicyclic) bond motifs is 1. The quantitative estimate of drug-likeness (QED) is 0.854. The largest absolute Gasteiger partial charge is 0.375 e. The first-order valence-corrected chi connectivity index (χ1v) is 8.03. The molecule has 2 unspecified atom stereocenters. The molecule has 4 rings (SSSR count). The zero-order chi connectivity index (χ0) is 13.6. The van der Waals surface area contributed by atoms with Crippen LogP contribution in [-0.2, 0) is 4.74 Å². The van der Waals surface area contributed by atoms with Crippen molar-refractivity contribution in [2.75, 3.05) is 18.1 Å². The summed E-state index contributed by atoms with van der Waals surface area (Å²) in [6.45, 7) is 2.02. The molecule has 1 aliphatic carbocycles. The number of benzene rings is 1. The zero-order valence-electron chi connectivity index (χ0n) is 12.1. The minimum Gasteiger partial charge on any atom is -0.375 e. The van der Waals surface area contributed by atoms with Crippen LogP contribution in [0.4, 0.5) is 5.69 Å². The van der Waals surface area contributed by atoms with Gasteiger partial charge in [0.2, 0.25) is 0 Å². The topological polar surface area (TPSA) is 38.5 Å². The Morgan fingerprint density at radius 3 is 2.85 bits per heavy atom.